The average molecular weight is 428 g/mol. The number of alkyl halides is 2. The highest BCUT2D eigenvalue weighted by Crippen LogP contribution is 2.40. The van der Waals surface area contributed by atoms with E-state index in [0.29, 0.717) is 24.9 Å². The van der Waals surface area contributed by atoms with Crippen molar-refractivity contribution in [3.8, 4) is 11.8 Å². The van der Waals surface area contributed by atoms with Crippen LogP contribution in [0, 0.1) is 23.2 Å². The fraction of sp³-hybridized carbons (Fsp3) is 0.875. The van der Waals surface area contributed by atoms with E-state index in [1.807, 2.05) is 6.92 Å². The number of halogens is 2. The largest absolute Gasteiger partial charge is 0.335 e. The summed E-state index contributed by atoms with van der Waals surface area (Å²) in [4.78, 5) is 16.0. The number of hydrogen-bond acceptors (Lipinski definition) is 3. The molecule has 1 aliphatic carbocycles. The Balaban J connectivity index is 0.000000721. The van der Waals surface area contributed by atoms with Crippen molar-refractivity contribution in [2.24, 2.45) is 11.3 Å². The van der Waals surface area contributed by atoms with E-state index < -0.39 is 18.5 Å². The minimum atomic E-state index is -2.85. The highest BCUT2D eigenvalue weighted by molar-refractivity contribution is 5.78. The van der Waals surface area contributed by atoms with Gasteiger partial charge in [-0.15, -0.1) is 11.8 Å². The van der Waals surface area contributed by atoms with Crippen LogP contribution in [0.25, 0.3) is 0 Å². The van der Waals surface area contributed by atoms with E-state index in [-0.39, 0.29) is 13.9 Å². The molecule has 4 nitrogen and oxygen atoms in total. The van der Waals surface area contributed by atoms with Gasteiger partial charge in [0.05, 0.1) is 19.1 Å². The Kier molecular flexibility index (Phi) is 9.56. The Bertz CT molecular complexity index is 598. The molecule has 0 saturated carbocycles. The van der Waals surface area contributed by atoms with Crippen LogP contribution >= 0.6 is 0 Å². The van der Waals surface area contributed by atoms with Crippen molar-refractivity contribution in [2.45, 2.75) is 84.6 Å². The first-order chi connectivity index (χ1) is 14.2. The summed E-state index contributed by atoms with van der Waals surface area (Å²) in [6.07, 6.45) is 6.48. The average Bonchev–Trinajstić information content (AvgIpc) is 3.17. The third-order valence-electron chi connectivity index (χ3n) is 6.74. The lowest BCUT2D eigenvalue weighted by Gasteiger charge is -2.41. The molecule has 30 heavy (non-hydrogen) atoms. The van der Waals surface area contributed by atoms with Crippen molar-refractivity contribution in [1.82, 2.24) is 15.1 Å². The molecule has 2 saturated heterocycles. The van der Waals surface area contributed by atoms with E-state index in [4.69, 9.17) is 0 Å². The molecule has 2 aliphatic heterocycles. The van der Waals surface area contributed by atoms with Crippen molar-refractivity contribution in [1.29, 1.82) is 0 Å². The Morgan fingerprint density at radius 3 is 2.27 bits per heavy atom. The molecule has 1 atom stereocenters. The lowest BCUT2D eigenvalue weighted by molar-refractivity contribution is -0.146. The molecule has 1 spiro atoms. The van der Waals surface area contributed by atoms with Crippen LogP contribution in [0.5, 0.6) is 0 Å². The zero-order chi connectivity index (χ0) is 22.2. The van der Waals surface area contributed by atoms with Gasteiger partial charge in [-0.2, -0.15) is 0 Å². The van der Waals surface area contributed by atoms with Crippen LogP contribution in [0.4, 0.5) is 8.78 Å². The lowest BCUT2D eigenvalue weighted by Crippen LogP contribution is -2.59. The van der Waals surface area contributed by atoms with Crippen molar-refractivity contribution in [3.63, 3.8) is 0 Å². The molecule has 1 unspecified atom stereocenters. The molecule has 0 aromatic carbocycles. The number of rotatable bonds is 6. The standard InChI is InChI=1S/C19H29F2N3O.C5H12.H2/c1-2-10-22-16-5-11-24(15-19(16,20)21)17(25)14-23-12-8-18(9-13-23)6-3-4-7-18;1-4-5(2)3;/h16,22H,2,5-15H2,1H3;5H,4H2,1-3H3;1H. The van der Waals surface area contributed by atoms with Crippen LogP contribution in [0.3, 0.4) is 0 Å². The fourth-order valence-corrected chi connectivity index (χ4v) is 4.12. The van der Waals surface area contributed by atoms with Gasteiger partial charge in [0.25, 0.3) is 5.92 Å². The Morgan fingerprint density at radius 2 is 1.77 bits per heavy atom. The van der Waals surface area contributed by atoms with E-state index in [1.54, 1.807) is 0 Å². The van der Waals surface area contributed by atoms with Gasteiger partial charge in [-0.05, 0) is 56.7 Å². The van der Waals surface area contributed by atoms with Gasteiger partial charge >= 0.3 is 0 Å². The number of carbonyl (C=O) groups is 1. The Hall–Kier alpha value is -1.19. The highest BCUT2D eigenvalue weighted by atomic mass is 19.3. The number of amides is 1. The lowest BCUT2D eigenvalue weighted by atomic mass is 9.76. The number of carbonyl (C=O) groups excluding carboxylic acids is 1. The van der Waals surface area contributed by atoms with Crippen LogP contribution in [0.1, 0.15) is 74.1 Å². The van der Waals surface area contributed by atoms with Crippen LogP contribution < -0.4 is 5.32 Å². The second kappa shape index (κ2) is 11.4. The predicted molar refractivity (Wildman–Crippen MR) is 121 cm³/mol. The summed E-state index contributed by atoms with van der Waals surface area (Å²) < 4.78 is 28.6. The van der Waals surface area contributed by atoms with E-state index >= 15 is 0 Å². The van der Waals surface area contributed by atoms with Gasteiger partial charge in [-0.1, -0.05) is 34.1 Å². The summed E-state index contributed by atoms with van der Waals surface area (Å²) in [6.45, 7) is 11.1. The molecule has 0 aromatic heterocycles. The molecular formula is C24H43F2N3O. The first kappa shape index (κ1) is 25.1. The van der Waals surface area contributed by atoms with Gasteiger partial charge in [0.2, 0.25) is 5.91 Å². The molecule has 0 bridgehead atoms. The maximum Gasteiger partial charge on any atom is 0.280 e. The maximum atomic E-state index is 14.3. The van der Waals surface area contributed by atoms with Gasteiger partial charge in [-0.3, -0.25) is 9.69 Å². The van der Waals surface area contributed by atoms with E-state index in [2.05, 4.69) is 42.8 Å². The number of likely N-dealkylation sites (tertiary alicyclic amines) is 2. The molecule has 6 heteroatoms. The Morgan fingerprint density at radius 1 is 1.17 bits per heavy atom. The van der Waals surface area contributed by atoms with Crippen LogP contribution in [0.2, 0.25) is 0 Å². The molecule has 0 aromatic rings. The number of piperidine rings is 2. The van der Waals surface area contributed by atoms with Gasteiger partial charge in [0.15, 0.2) is 0 Å². The first-order valence-corrected chi connectivity index (χ1v) is 11.8. The summed E-state index contributed by atoms with van der Waals surface area (Å²) in [5, 5.41) is 2.92. The zero-order valence-corrected chi connectivity index (χ0v) is 19.4. The minimum absolute atomic E-state index is 0. The van der Waals surface area contributed by atoms with Gasteiger partial charge in [0, 0.05) is 20.8 Å². The number of nitrogens with zero attached hydrogens (tertiary/aromatic N) is 2. The first-order valence-electron chi connectivity index (χ1n) is 11.8. The van der Waals surface area contributed by atoms with Crippen LogP contribution in [0.15, 0.2) is 0 Å². The molecular weight excluding hydrogens is 384 g/mol. The molecule has 174 valence electrons. The predicted octanol–water partition coefficient (Wildman–Crippen LogP) is 4.40. The normalized spacial score (nSPS) is 24.9. The van der Waals surface area contributed by atoms with Crippen molar-refractivity contribution in [2.75, 3.05) is 39.3 Å². The molecule has 2 fully saturated rings. The van der Waals surface area contributed by atoms with Crippen molar-refractivity contribution in [3.05, 3.63) is 0 Å². The van der Waals surface area contributed by atoms with Crippen molar-refractivity contribution < 1.29 is 15.0 Å². The van der Waals surface area contributed by atoms with E-state index in [9.17, 15) is 13.6 Å². The molecule has 1 N–H and O–H groups in total. The zero-order valence-electron chi connectivity index (χ0n) is 19.4. The second-order valence-corrected chi connectivity index (χ2v) is 9.66. The SMILES string of the molecule is CCC(C)C.CCCNC1CCN(C(=O)CN2CCC3(CC#CC3)CC2)CC1(F)F.[HH]. The molecule has 1 amide bonds. The summed E-state index contributed by atoms with van der Waals surface area (Å²) in [6, 6.07) is -0.811. The van der Waals surface area contributed by atoms with E-state index in [0.717, 1.165) is 51.1 Å². The minimum Gasteiger partial charge on any atom is -0.335 e. The quantitative estimate of drug-likeness (QED) is 0.638. The monoisotopic (exact) mass is 427 g/mol. The summed E-state index contributed by atoms with van der Waals surface area (Å²) in [7, 11) is 0. The van der Waals surface area contributed by atoms with Crippen LogP contribution in [-0.2, 0) is 4.79 Å². The summed E-state index contributed by atoms with van der Waals surface area (Å²) in [5.74, 6) is 4.24. The topological polar surface area (TPSA) is 35.6 Å². The third-order valence-corrected chi connectivity index (χ3v) is 6.74. The van der Waals surface area contributed by atoms with Crippen molar-refractivity contribution >= 4 is 5.91 Å². The second-order valence-electron chi connectivity index (χ2n) is 9.66. The number of nitrogens with one attached hydrogen (secondary N) is 1. The molecule has 2 heterocycles. The van der Waals surface area contributed by atoms with E-state index in [1.165, 1.54) is 11.3 Å². The van der Waals surface area contributed by atoms with Gasteiger partial charge in [-0.25, -0.2) is 8.78 Å². The Labute approximate surface area is 183 Å². The fourth-order valence-electron chi connectivity index (χ4n) is 4.12. The van der Waals surface area contributed by atoms with Gasteiger partial charge < -0.3 is 10.2 Å². The third kappa shape index (κ3) is 7.20. The molecule has 3 aliphatic rings. The maximum absolute atomic E-state index is 14.3. The highest BCUT2D eigenvalue weighted by Gasteiger charge is 2.45. The van der Waals surface area contributed by atoms with Gasteiger partial charge in [0.1, 0.15) is 0 Å². The number of hydrogen-bond donors (Lipinski definition) is 1. The molecule has 0 radical (unpaired) electrons. The smallest absolute Gasteiger partial charge is 0.280 e. The summed E-state index contributed by atoms with van der Waals surface area (Å²) in [5.41, 5.74) is 0.301. The summed E-state index contributed by atoms with van der Waals surface area (Å²) >= 11 is 0. The van der Waals surface area contributed by atoms with Crippen LogP contribution in [-0.4, -0.2) is 66.9 Å². The molecule has 3 rings (SSSR count).